The first-order valence-electron chi connectivity index (χ1n) is 3.40. The zero-order chi connectivity index (χ0) is 9.14. The lowest BCUT2D eigenvalue weighted by Gasteiger charge is -2.09. The van der Waals surface area contributed by atoms with E-state index in [9.17, 15) is 4.79 Å². The molecule has 1 aromatic rings. The van der Waals surface area contributed by atoms with E-state index in [4.69, 9.17) is 5.11 Å². The first-order chi connectivity index (χ1) is 5.63. The van der Waals surface area contributed by atoms with Crippen molar-refractivity contribution in [2.75, 3.05) is 14.1 Å². The summed E-state index contributed by atoms with van der Waals surface area (Å²) in [7, 11) is 3.19. The van der Waals surface area contributed by atoms with E-state index >= 15 is 0 Å². The van der Waals surface area contributed by atoms with Crippen LogP contribution in [0.15, 0.2) is 12.3 Å². The highest BCUT2D eigenvalue weighted by molar-refractivity contribution is 5.94. The van der Waals surface area contributed by atoms with Crippen molar-refractivity contribution in [1.82, 2.24) is 9.88 Å². The molecular weight excluding hydrogens is 156 g/mol. The van der Waals surface area contributed by atoms with E-state index in [1.54, 1.807) is 14.1 Å². The van der Waals surface area contributed by atoms with Gasteiger partial charge in [-0.05, 0) is 6.07 Å². The van der Waals surface area contributed by atoms with Crippen LogP contribution in [0.1, 0.15) is 10.5 Å². The van der Waals surface area contributed by atoms with Crippen LogP contribution in [0.3, 0.4) is 0 Å². The molecule has 1 rings (SSSR count). The minimum atomic E-state index is -0.329. The van der Waals surface area contributed by atoms with Gasteiger partial charge in [-0.3, -0.25) is 4.79 Å². The molecule has 0 bridgehead atoms. The molecular formula is C8H9N2O2. The van der Waals surface area contributed by atoms with Crippen LogP contribution in [0.4, 0.5) is 0 Å². The molecule has 4 nitrogen and oxygen atoms in total. The summed E-state index contributed by atoms with van der Waals surface area (Å²) in [5.74, 6) is -0.541. The van der Waals surface area contributed by atoms with Crippen molar-refractivity contribution in [3.63, 3.8) is 0 Å². The molecule has 0 aromatic carbocycles. The van der Waals surface area contributed by atoms with Crippen molar-refractivity contribution < 1.29 is 9.90 Å². The van der Waals surface area contributed by atoms with Crippen LogP contribution < -0.4 is 0 Å². The number of carbonyl (C=O) groups excluding carboxylic acids is 1. The molecule has 0 spiro atoms. The Labute approximate surface area is 70.5 Å². The van der Waals surface area contributed by atoms with Gasteiger partial charge in [0.1, 0.15) is 0 Å². The molecule has 1 radical (unpaired) electrons. The van der Waals surface area contributed by atoms with Crippen molar-refractivity contribution in [1.29, 1.82) is 0 Å². The molecule has 63 valence electrons. The van der Waals surface area contributed by atoms with Crippen molar-refractivity contribution >= 4 is 5.91 Å². The smallest absolute Gasteiger partial charge is 0.275 e. The highest BCUT2D eigenvalue weighted by Crippen LogP contribution is 2.12. The Morgan fingerprint density at radius 2 is 2.33 bits per heavy atom. The number of hydrogen-bond donors (Lipinski definition) is 1. The molecule has 1 N–H and O–H groups in total. The second kappa shape index (κ2) is 3.21. The van der Waals surface area contributed by atoms with Gasteiger partial charge in [0.15, 0.2) is 11.4 Å². The molecule has 1 heterocycles. The fraction of sp³-hybridized carbons (Fsp3) is 0.250. The molecule has 0 atom stereocenters. The minimum Gasteiger partial charge on any atom is -0.505 e. The Bertz CT molecular complexity index is 297. The summed E-state index contributed by atoms with van der Waals surface area (Å²) in [4.78, 5) is 16.3. The Balaban J connectivity index is 3.03. The molecule has 4 heteroatoms. The minimum absolute atomic E-state index is 0.0301. The van der Waals surface area contributed by atoms with Crippen LogP contribution >= 0.6 is 0 Å². The fourth-order valence-electron chi connectivity index (χ4n) is 0.726. The Morgan fingerprint density at radius 3 is 2.83 bits per heavy atom. The van der Waals surface area contributed by atoms with E-state index in [0.717, 1.165) is 0 Å². The average molecular weight is 165 g/mol. The summed E-state index contributed by atoms with van der Waals surface area (Å²) in [5, 5.41) is 9.16. The lowest BCUT2D eigenvalue weighted by molar-refractivity contribution is 0.0818. The zero-order valence-corrected chi connectivity index (χ0v) is 6.90. The first-order valence-corrected chi connectivity index (χ1v) is 3.40. The molecule has 0 aliphatic carbocycles. The van der Waals surface area contributed by atoms with Gasteiger partial charge in [0.2, 0.25) is 0 Å². The van der Waals surface area contributed by atoms with Crippen LogP contribution in [0, 0.1) is 6.07 Å². The van der Waals surface area contributed by atoms with E-state index in [2.05, 4.69) is 11.1 Å². The summed E-state index contributed by atoms with van der Waals surface area (Å²) in [6.07, 6.45) is 1.41. The Hall–Kier alpha value is -1.58. The van der Waals surface area contributed by atoms with Gasteiger partial charge in [0.05, 0.1) is 0 Å². The maximum absolute atomic E-state index is 11.2. The largest absolute Gasteiger partial charge is 0.505 e. The quantitative estimate of drug-likeness (QED) is 0.650. The second-order valence-electron chi connectivity index (χ2n) is 2.49. The van der Waals surface area contributed by atoms with Gasteiger partial charge in [-0.15, -0.1) is 0 Å². The van der Waals surface area contributed by atoms with Crippen LogP contribution in [0.2, 0.25) is 0 Å². The van der Waals surface area contributed by atoms with Crippen molar-refractivity contribution in [3.8, 4) is 5.75 Å². The Kier molecular flexibility index (Phi) is 2.28. The zero-order valence-electron chi connectivity index (χ0n) is 6.90. The molecule has 0 saturated heterocycles. The second-order valence-corrected chi connectivity index (χ2v) is 2.49. The number of hydrogen-bond acceptors (Lipinski definition) is 3. The normalized spacial score (nSPS) is 9.50. The van der Waals surface area contributed by atoms with Gasteiger partial charge in [0, 0.05) is 26.4 Å². The highest BCUT2D eigenvalue weighted by Gasteiger charge is 2.13. The average Bonchev–Trinajstić information content (AvgIpc) is 2.04. The standard InChI is InChI=1S/C8H9N2O2/c1-10(2)8(12)7-6(11)4-3-5-9-7/h3,5,11H,1-2H3. The van der Waals surface area contributed by atoms with E-state index in [1.165, 1.54) is 17.2 Å². The third-order valence-electron chi connectivity index (χ3n) is 1.33. The number of nitrogens with zero attached hydrogens (tertiary/aromatic N) is 2. The van der Waals surface area contributed by atoms with Crippen LogP contribution in [0.5, 0.6) is 5.75 Å². The van der Waals surface area contributed by atoms with E-state index in [1.807, 2.05) is 0 Å². The van der Waals surface area contributed by atoms with Crippen molar-refractivity contribution in [2.24, 2.45) is 0 Å². The highest BCUT2D eigenvalue weighted by atomic mass is 16.3. The Morgan fingerprint density at radius 1 is 1.67 bits per heavy atom. The van der Waals surface area contributed by atoms with Crippen LogP contribution in [-0.2, 0) is 0 Å². The predicted molar refractivity (Wildman–Crippen MR) is 42.8 cm³/mol. The number of amides is 1. The topological polar surface area (TPSA) is 53.4 Å². The number of pyridine rings is 1. The van der Waals surface area contributed by atoms with Gasteiger partial charge in [-0.25, -0.2) is 4.98 Å². The summed E-state index contributed by atoms with van der Waals surface area (Å²) in [6, 6.07) is 3.93. The molecule has 0 saturated carbocycles. The summed E-state index contributed by atoms with van der Waals surface area (Å²) in [5.41, 5.74) is 0.0301. The summed E-state index contributed by atoms with van der Waals surface area (Å²) in [6.45, 7) is 0. The van der Waals surface area contributed by atoms with Crippen molar-refractivity contribution in [3.05, 3.63) is 24.0 Å². The van der Waals surface area contributed by atoms with Gasteiger partial charge in [-0.1, -0.05) is 0 Å². The number of aromatic nitrogens is 1. The molecule has 1 aromatic heterocycles. The predicted octanol–water partition coefficient (Wildman–Crippen LogP) is 0.289. The molecule has 0 fully saturated rings. The van der Waals surface area contributed by atoms with E-state index < -0.39 is 0 Å². The third kappa shape index (κ3) is 1.53. The molecule has 12 heavy (non-hydrogen) atoms. The van der Waals surface area contributed by atoms with Gasteiger partial charge in [-0.2, -0.15) is 0 Å². The SMILES string of the molecule is CN(C)C(=O)c1ncc[c]c1O. The number of carbonyl (C=O) groups is 1. The lowest BCUT2D eigenvalue weighted by atomic mass is 10.3. The lowest BCUT2D eigenvalue weighted by Crippen LogP contribution is -2.22. The molecule has 0 aliphatic rings. The van der Waals surface area contributed by atoms with Gasteiger partial charge < -0.3 is 10.0 Å². The third-order valence-corrected chi connectivity index (χ3v) is 1.33. The maximum atomic E-state index is 11.2. The van der Waals surface area contributed by atoms with Crippen LogP contribution in [0.25, 0.3) is 0 Å². The van der Waals surface area contributed by atoms with Crippen LogP contribution in [-0.4, -0.2) is 35.0 Å². The van der Waals surface area contributed by atoms with Crippen molar-refractivity contribution in [2.45, 2.75) is 0 Å². The van der Waals surface area contributed by atoms with Gasteiger partial charge >= 0.3 is 0 Å². The number of rotatable bonds is 1. The van der Waals surface area contributed by atoms with Gasteiger partial charge in [0.25, 0.3) is 5.91 Å². The molecule has 0 aliphatic heterocycles. The first kappa shape index (κ1) is 8.52. The molecule has 1 amide bonds. The maximum Gasteiger partial charge on any atom is 0.275 e. The monoisotopic (exact) mass is 165 g/mol. The molecule has 0 unspecified atom stereocenters. The summed E-state index contributed by atoms with van der Waals surface area (Å²) < 4.78 is 0. The summed E-state index contributed by atoms with van der Waals surface area (Å²) >= 11 is 0. The fourth-order valence-corrected chi connectivity index (χ4v) is 0.726. The van der Waals surface area contributed by atoms with E-state index in [0.29, 0.717) is 0 Å². The van der Waals surface area contributed by atoms with E-state index in [-0.39, 0.29) is 17.4 Å². The number of aromatic hydroxyl groups is 1.